The van der Waals surface area contributed by atoms with Crippen molar-refractivity contribution in [1.29, 1.82) is 0 Å². The van der Waals surface area contributed by atoms with E-state index >= 15 is 0 Å². The van der Waals surface area contributed by atoms with Gasteiger partial charge in [0, 0.05) is 4.83 Å². The Hall–Kier alpha value is 1.08. The molecule has 0 heterocycles. The number of hydrogen-bond acceptors (Lipinski definition) is 0. The first-order valence-electron chi connectivity index (χ1n) is 4.23. The maximum absolute atomic E-state index is 3.62. The van der Waals surface area contributed by atoms with Gasteiger partial charge in [-0.3, -0.25) is 0 Å². The Balaban J connectivity index is 0.000000845. The maximum atomic E-state index is 3.62. The first-order chi connectivity index (χ1) is 5.86. The van der Waals surface area contributed by atoms with Gasteiger partial charge in [0.15, 0.2) is 0 Å². The molecule has 2 rings (SSSR count). The van der Waals surface area contributed by atoms with Gasteiger partial charge in [-0.2, -0.15) is 0 Å². The molecule has 0 radical (unpaired) electrons. The maximum Gasteiger partial charge on any atom is 1.00 e. The summed E-state index contributed by atoms with van der Waals surface area (Å²) >= 11 is 3.62. The Morgan fingerprint density at radius 3 is 2.46 bits per heavy atom. The zero-order chi connectivity index (χ0) is 8.39. The molecule has 13 heavy (non-hydrogen) atoms. The third-order valence-electron chi connectivity index (χ3n) is 2.24. The van der Waals surface area contributed by atoms with Gasteiger partial charge in [0.05, 0.1) is 0 Å². The molecule has 0 saturated carbocycles. The van der Waals surface area contributed by atoms with Crippen molar-refractivity contribution in [3.63, 3.8) is 0 Å². The zero-order valence-corrected chi connectivity index (χ0v) is 12.5. The summed E-state index contributed by atoms with van der Waals surface area (Å²) < 4.78 is 0. The van der Waals surface area contributed by atoms with E-state index in [-0.39, 0.29) is 52.8 Å². The van der Waals surface area contributed by atoms with E-state index in [4.69, 9.17) is 0 Å². The van der Waals surface area contributed by atoms with Crippen LogP contribution < -0.4 is 51.4 Å². The third-order valence-corrected chi connectivity index (χ3v) is 3.20. The molecule has 1 atom stereocenters. The minimum Gasteiger partial charge on any atom is -1.00 e. The van der Waals surface area contributed by atoms with E-state index in [1.807, 2.05) is 0 Å². The Morgan fingerprint density at radius 1 is 1.31 bits per heavy atom. The molecule has 1 aliphatic rings. The van der Waals surface area contributed by atoms with Crippen molar-refractivity contribution in [2.24, 2.45) is 0 Å². The predicted octanol–water partition coefficient (Wildman–Crippen LogP) is 0.439. The molecular weight excluding hydrogens is 251 g/mol. The second-order valence-electron chi connectivity index (χ2n) is 3.14. The summed E-state index contributed by atoms with van der Waals surface area (Å²) in [5.74, 6) is 0. The van der Waals surface area contributed by atoms with Crippen LogP contribution in [0.5, 0.6) is 0 Å². The quantitative estimate of drug-likeness (QED) is 0.412. The number of hydrogen-bond donors (Lipinski definition) is 0. The molecule has 64 valence electrons. The summed E-state index contributed by atoms with van der Waals surface area (Å²) in [7, 11) is 0. The average molecular weight is 263 g/mol. The Kier molecular flexibility index (Phi) is 5.45. The van der Waals surface area contributed by atoms with Gasteiger partial charge < -0.3 is 1.43 Å². The van der Waals surface area contributed by atoms with Crippen LogP contribution in [0.25, 0.3) is 0 Å². The van der Waals surface area contributed by atoms with Crippen LogP contribution in [0.2, 0.25) is 0 Å². The fourth-order valence-electron chi connectivity index (χ4n) is 1.39. The van der Waals surface area contributed by atoms with E-state index < -0.39 is 0 Å². The first kappa shape index (κ1) is 12.1. The van der Waals surface area contributed by atoms with Crippen LogP contribution in [-0.2, 0) is 6.42 Å². The molecule has 0 aromatic heterocycles. The van der Waals surface area contributed by atoms with Crippen LogP contribution in [0, 0.1) is 0 Å². The van der Waals surface area contributed by atoms with E-state index in [1.54, 1.807) is 0 Å². The van der Waals surface area contributed by atoms with Gasteiger partial charge in [0.25, 0.3) is 0 Å². The molecule has 0 saturated heterocycles. The largest absolute Gasteiger partial charge is 1.00 e. The molecule has 0 spiro atoms. The molecule has 0 amide bonds. The monoisotopic (exact) mass is 262 g/mol. The second-order valence-corrected chi connectivity index (χ2v) is 4.25. The zero-order valence-electron chi connectivity index (χ0n) is 8.83. The summed E-state index contributed by atoms with van der Waals surface area (Å²) in [4.78, 5) is 0.637. The minimum absolute atomic E-state index is 0. The van der Waals surface area contributed by atoms with Crippen molar-refractivity contribution in [3.8, 4) is 0 Å². The van der Waals surface area contributed by atoms with Crippen molar-refractivity contribution in [1.82, 2.24) is 0 Å². The number of alkyl halides is 1. The Morgan fingerprint density at radius 2 is 2.00 bits per heavy atom. The van der Waals surface area contributed by atoms with Crippen LogP contribution in [0.4, 0.5) is 0 Å². The van der Waals surface area contributed by atoms with E-state index in [0.29, 0.717) is 4.83 Å². The van der Waals surface area contributed by atoms with Gasteiger partial charge in [-0.05, 0) is 18.4 Å². The molecule has 0 bridgehead atoms. The fourth-order valence-corrected chi connectivity index (χ4v) is 1.92. The van der Waals surface area contributed by atoms with Gasteiger partial charge in [0.2, 0.25) is 0 Å². The van der Waals surface area contributed by atoms with Crippen molar-refractivity contribution in [3.05, 3.63) is 47.5 Å². The average Bonchev–Trinajstić information content (AvgIpc) is 2.14. The molecule has 1 aliphatic carbocycles. The van der Waals surface area contributed by atoms with Crippen LogP contribution in [-0.4, -0.2) is 4.83 Å². The van der Waals surface area contributed by atoms with Crippen molar-refractivity contribution >= 4 is 15.9 Å². The van der Waals surface area contributed by atoms with Gasteiger partial charge in [-0.25, -0.2) is 0 Å². The number of halogens is 1. The Labute approximate surface area is 132 Å². The molecule has 0 N–H and O–H groups in total. The third kappa shape index (κ3) is 3.29. The van der Waals surface area contributed by atoms with E-state index in [1.165, 1.54) is 17.6 Å². The fraction of sp³-hybridized carbons (Fsp3) is 0.273. The number of allylic oxidation sites excluding steroid dienone is 2. The summed E-state index contributed by atoms with van der Waals surface area (Å²) in [5, 5.41) is 0. The number of benzene rings is 1. The van der Waals surface area contributed by atoms with Crippen molar-refractivity contribution in [2.75, 3.05) is 0 Å². The normalized spacial score (nSPS) is 19.8. The smallest absolute Gasteiger partial charge is 1.00 e. The molecule has 0 nitrogen and oxygen atoms in total. The standard InChI is InChI=1S/C11H11Br.K.H/c12-11-7-6-10(11)8-9-4-2-1-3-5-9;;/h1-6,11H,7-8H2;;/q;+1;-1. The van der Waals surface area contributed by atoms with E-state index in [2.05, 4.69) is 52.3 Å². The van der Waals surface area contributed by atoms with E-state index in [9.17, 15) is 0 Å². The van der Waals surface area contributed by atoms with Gasteiger partial charge in [-0.15, -0.1) is 0 Å². The van der Waals surface area contributed by atoms with Crippen molar-refractivity contribution < 1.29 is 52.8 Å². The summed E-state index contributed by atoms with van der Waals surface area (Å²) in [6, 6.07) is 10.6. The first-order valence-corrected chi connectivity index (χ1v) is 5.15. The molecule has 1 aromatic rings. The van der Waals surface area contributed by atoms with Crippen molar-refractivity contribution in [2.45, 2.75) is 17.7 Å². The molecule has 0 aliphatic heterocycles. The predicted molar refractivity (Wildman–Crippen MR) is 56.7 cm³/mol. The van der Waals surface area contributed by atoms with E-state index in [0.717, 1.165) is 6.42 Å². The van der Waals surface area contributed by atoms with Gasteiger partial charge >= 0.3 is 51.4 Å². The molecule has 1 unspecified atom stereocenters. The molecular formula is C11H12BrK. The topological polar surface area (TPSA) is 0 Å². The Bertz CT molecular complexity index is 297. The number of rotatable bonds is 2. The molecule has 1 aromatic carbocycles. The van der Waals surface area contributed by atoms with Crippen LogP contribution in [0.3, 0.4) is 0 Å². The molecule has 2 heteroatoms. The second kappa shape index (κ2) is 5.84. The minimum atomic E-state index is 0. The van der Waals surface area contributed by atoms with Gasteiger partial charge in [-0.1, -0.05) is 57.9 Å². The SMILES string of the molecule is BrC1CC=C1Cc1ccccc1.[H-].[K+]. The summed E-state index contributed by atoms with van der Waals surface area (Å²) in [6.07, 6.45) is 4.62. The van der Waals surface area contributed by atoms with Gasteiger partial charge in [0.1, 0.15) is 0 Å². The summed E-state index contributed by atoms with van der Waals surface area (Å²) in [5.41, 5.74) is 2.94. The van der Waals surface area contributed by atoms with Crippen LogP contribution in [0.1, 0.15) is 13.4 Å². The molecule has 0 fully saturated rings. The van der Waals surface area contributed by atoms with Crippen LogP contribution in [0.15, 0.2) is 42.0 Å². The summed E-state index contributed by atoms with van der Waals surface area (Å²) in [6.45, 7) is 0. The van der Waals surface area contributed by atoms with Crippen LogP contribution >= 0.6 is 15.9 Å².